The number of aliphatic carboxylic acids is 1. The van der Waals surface area contributed by atoms with Crippen molar-refractivity contribution in [3.8, 4) is 0 Å². The molecule has 0 aromatic carbocycles. The number of nitrogens with one attached hydrogen (secondary N) is 1. The standard InChI is InChI=1S/C13H25NO12/c15-2-5(17)8(20)7(19)4(13(25)26)1-14-12(24)11(23)10(22)9(21)6(18)3-16/h4-11,15-23H,1-3H2,(H,14,24)(H,25,26)/t4-,5-,6-,7-,8-,9-,10+,11?/m1/s1. The van der Waals surface area contributed by atoms with Gasteiger partial charge in [0.25, 0.3) is 5.91 Å². The number of rotatable bonds is 12. The quantitative estimate of drug-likeness (QED) is 0.149. The van der Waals surface area contributed by atoms with Crippen LogP contribution in [0.1, 0.15) is 0 Å². The minimum atomic E-state index is -2.31. The lowest BCUT2D eigenvalue weighted by molar-refractivity contribution is -0.155. The molecule has 0 saturated heterocycles. The van der Waals surface area contributed by atoms with Gasteiger partial charge in [-0.2, -0.15) is 0 Å². The molecule has 0 saturated carbocycles. The zero-order chi connectivity index (χ0) is 20.6. The van der Waals surface area contributed by atoms with E-state index in [-0.39, 0.29) is 0 Å². The minimum Gasteiger partial charge on any atom is -0.481 e. The summed E-state index contributed by atoms with van der Waals surface area (Å²) in [5, 5.41) is 94.3. The van der Waals surface area contributed by atoms with Crippen LogP contribution in [0.4, 0.5) is 0 Å². The summed E-state index contributed by atoms with van der Waals surface area (Å²) in [7, 11) is 0. The monoisotopic (exact) mass is 387 g/mol. The zero-order valence-electron chi connectivity index (χ0n) is 13.5. The van der Waals surface area contributed by atoms with E-state index in [0.29, 0.717) is 0 Å². The minimum absolute atomic E-state index is 0.854. The number of aliphatic hydroxyl groups is 9. The molecular weight excluding hydrogens is 362 g/mol. The third kappa shape index (κ3) is 6.71. The second-order valence-corrected chi connectivity index (χ2v) is 5.60. The first-order chi connectivity index (χ1) is 12.0. The van der Waals surface area contributed by atoms with Gasteiger partial charge in [0.15, 0.2) is 6.10 Å². The first kappa shape index (κ1) is 24.6. The van der Waals surface area contributed by atoms with E-state index >= 15 is 0 Å². The van der Waals surface area contributed by atoms with Gasteiger partial charge in [-0.1, -0.05) is 0 Å². The van der Waals surface area contributed by atoms with Crippen molar-refractivity contribution in [1.82, 2.24) is 5.32 Å². The number of carboxylic acids is 1. The number of carbonyl (C=O) groups excluding carboxylic acids is 1. The van der Waals surface area contributed by atoms with Crippen LogP contribution in [0.3, 0.4) is 0 Å². The highest BCUT2D eigenvalue weighted by molar-refractivity contribution is 5.82. The van der Waals surface area contributed by atoms with Gasteiger partial charge < -0.3 is 56.4 Å². The molecule has 8 atom stereocenters. The largest absolute Gasteiger partial charge is 0.481 e. The van der Waals surface area contributed by atoms with Crippen molar-refractivity contribution in [2.75, 3.05) is 19.8 Å². The van der Waals surface area contributed by atoms with Gasteiger partial charge in [-0.15, -0.1) is 0 Å². The Labute approximate surface area is 147 Å². The van der Waals surface area contributed by atoms with Crippen LogP contribution in [-0.2, 0) is 9.59 Å². The Kier molecular flexibility index (Phi) is 10.7. The molecule has 0 aliphatic heterocycles. The summed E-state index contributed by atoms with van der Waals surface area (Å²) < 4.78 is 0. The normalized spacial score (nSPS) is 21.0. The summed E-state index contributed by atoms with van der Waals surface area (Å²) in [6, 6.07) is 0. The van der Waals surface area contributed by atoms with Gasteiger partial charge in [-0.25, -0.2) is 0 Å². The van der Waals surface area contributed by atoms with Crippen LogP contribution in [0, 0.1) is 5.92 Å². The maximum atomic E-state index is 11.7. The number of amides is 1. The third-order valence-corrected chi connectivity index (χ3v) is 3.68. The van der Waals surface area contributed by atoms with Gasteiger partial charge >= 0.3 is 5.97 Å². The molecule has 11 N–H and O–H groups in total. The van der Waals surface area contributed by atoms with Crippen molar-refractivity contribution in [2.24, 2.45) is 5.92 Å². The van der Waals surface area contributed by atoms with Crippen LogP contribution < -0.4 is 5.32 Å². The first-order valence-electron chi connectivity index (χ1n) is 7.48. The number of hydrogen-bond donors (Lipinski definition) is 11. The molecule has 0 heterocycles. The lowest BCUT2D eigenvalue weighted by atomic mass is 9.94. The predicted octanol–water partition coefficient (Wildman–Crippen LogP) is -6.69. The Morgan fingerprint density at radius 3 is 1.54 bits per heavy atom. The van der Waals surface area contributed by atoms with E-state index in [2.05, 4.69) is 0 Å². The summed E-state index contributed by atoms with van der Waals surface area (Å²) in [6.07, 6.45) is -14.4. The van der Waals surface area contributed by atoms with E-state index in [4.69, 9.17) is 20.4 Å². The second-order valence-electron chi connectivity index (χ2n) is 5.60. The highest BCUT2D eigenvalue weighted by Crippen LogP contribution is 2.12. The van der Waals surface area contributed by atoms with Crippen molar-refractivity contribution in [1.29, 1.82) is 0 Å². The molecule has 0 aromatic rings. The van der Waals surface area contributed by atoms with Crippen LogP contribution >= 0.6 is 0 Å². The van der Waals surface area contributed by atoms with Gasteiger partial charge in [0.2, 0.25) is 0 Å². The number of aliphatic hydroxyl groups excluding tert-OH is 9. The highest BCUT2D eigenvalue weighted by Gasteiger charge is 2.38. The van der Waals surface area contributed by atoms with Crippen LogP contribution in [0.25, 0.3) is 0 Å². The van der Waals surface area contributed by atoms with Crippen LogP contribution in [0.5, 0.6) is 0 Å². The summed E-state index contributed by atoms with van der Waals surface area (Å²) in [5.74, 6) is -4.92. The van der Waals surface area contributed by atoms with E-state index in [1.807, 2.05) is 5.32 Å². The fraction of sp³-hybridized carbons (Fsp3) is 0.846. The third-order valence-electron chi connectivity index (χ3n) is 3.68. The van der Waals surface area contributed by atoms with Crippen molar-refractivity contribution >= 4 is 11.9 Å². The molecule has 0 spiro atoms. The zero-order valence-corrected chi connectivity index (χ0v) is 13.5. The van der Waals surface area contributed by atoms with Crippen molar-refractivity contribution in [3.05, 3.63) is 0 Å². The average molecular weight is 387 g/mol. The SMILES string of the molecule is O=C(NC[C@@H](C(=O)O)[C@@H](O)[C@H](O)[C@H](O)CO)C(O)[C@@H](O)[C@H](O)[C@H](O)CO. The maximum absolute atomic E-state index is 11.7. The molecular formula is C13H25NO12. The molecule has 0 fully saturated rings. The molecule has 0 aliphatic rings. The van der Waals surface area contributed by atoms with Crippen LogP contribution in [-0.4, -0.2) is 125 Å². The second kappa shape index (κ2) is 11.3. The predicted molar refractivity (Wildman–Crippen MR) is 80.4 cm³/mol. The molecule has 1 unspecified atom stereocenters. The molecule has 26 heavy (non-hydrogen) atoms. The van der Waals surface area contributed by atoms with Crippen LogP contribution in [0.2, 0.25) is 0 Å². The Balaban J connectivity index is 4.88. The van der Waals surface area contributed by atoms with Crippen LogP contribution in [0.15, 0.2) is 0 Å². The molecule has 13 heteroatoms. The summed E-state index contributed by atoms with van der Waals surface area (Å²) in [4.78, 5) is 22.8. The van der Waals surface area contributed by atoms with Gasteiger partial charge in [0, 0.05) is 6.54 Å². The number of carboxylic acid groups (broad SMARTS) is 1. The number of hydrogen-bond acceptors (Lipinski definition) is 11. The van der Waals surface area contributed by atoms with Crippen molar-refractivity contribution in [2.45, 2.75) is 42.7 Å². The van der Waals surface area contributed by atoms with Gasteiger partial charge in [0.05, 0.1) is 19.3 Å². The lowest BCUT2D eigenvalue weighted by Gasteiger charge is -2.28. The van der Waals surface area contributed by atoms with Crippen molar-refractivity contribution < 1.29 is 60.7 Å². The molecule has 13 nitrogen and oxygen atoms in total. The summed E-state index contributed by atoms with van der Waals surface area (Å²) >= 11 is 0. The Morgan fingerprint density at radius 2 is 1.15 bits per heavy atom. The molecule has 0 aromatic heterocycles. The molecule has 0 rings (SSSR count). The highest BCUT2D eigenvalue weighted by atomic mass is 16.4. The lowest BCUT2D eigenvalue weighted by Crippen LogP contribution is -2.54. The van der Waals surface area contributed by atoms with E-state index in [1.165, 1.54) is 0 Å². The topological polar surface area (TPSA) is 248 Å². The Morgan fingerprint density at radius 1 is 0.731 bits per heavy atom. The Bertz CT molecular complexity index is 449. The fourth-order valence-corrected chi connectivity index (χ4v) is 1.92. The van der Waals surface area contributed by atoms with E-state index in [9.17, 15) is 40.2 Å². The first-order valence-corrected chi connectivity index (χ1v) is 7.48. The maximum Gasteiger partial charge on any atom is 0.311 e. The molecule has 0 aliphatic carbocycles. The van der Waals surface area contributed by atoms with Crippen molar-refractivity contribution in [3.63, 3.8) is 0 Å². The molecule has 154 valence electrons. The summed E-state index contributed by atoms with van der Waals surface area (Å²) in [5.41, 5.74) is 0. The van der Waals surface area contributed by atoms with Gasteiger partial charge in [0.1, 0.15) is 36.4 Å². The smallest absolute Gasteiger partial charge is 0.311 e. The van der Waals surface area contributed by atoms with E-state index in [1.54, 1.807) is 0 Å². The average Bonchev–Trinajstić information content (AvgIpc) is 2.63. The fourth-order valence-electron chi connectivity index (χ4n) is 1.92. The number of carbonyl (C=O) groups is 2. The molecule has 0 bridgehead atoms. The van der Waals surface area contributed by atoms with Gasteiger partial charge in [-0.3, -0.25) is 9.59 Å². The summed E-state index contributed by atoms with van der Waals surface area (Å²) in [6.45, 7) is -2.79. The van der Waals surface area contributed by atoms with E-state index < -0.39 is 80.3 Å². The van der Waals surface area contributed by atoms with Gasteiger partial charge in [-0.05, 0) is 0 Å². The molecule has 0 radical (unpaired) electrons. The Hall–Kier alpha value is -1.42. The molecule has 1 amide bonds. The van der Waals surface area contributed by atoms with E-state index in [0.717, 1.165) is 0 Å².